The molecule has 1 aromatic carbocycles. The van der Waals surface area contributed by atoms with Gasteiger partial charge in [0.1, 0.15) is 0 Å². The van der Waals surface area contributed by atoms with Crippen molar-refractivity contribution in [2.45, 2.75) is 82.8 Å². The molecule has 1 amide bonds. The number of amides is 1. The Morgan fingerprint density at radius 2 is 1.54 bits per heavy atom. The molecule has 1 heterocycles. The summed E-state index contributed by atoms with van der Waals surface area (Å²) in [6, 6.07) is -1.52. The van der Waals surface area contributed by atoms with Crippen LogP contribution in [0.15, 0.2) is 18.2 Å². The van der Waals surface area contributed by atoms with Crippen LogP contribution in [0.5, 0.6) is 0 Å². The van der Waals surface area contributed by atoms with E-state index in [0.29, 0.717) is 12.1 Å². The number of carbonyl (C=O) groups is 1. The lowest BCUT2D eigenvalue weighted by Gasteiger charge is -2.38. The molecular weight excluding hydrogens is 554 g/mol. The highest BCUT2D eigenvalue weighted by Gasteiger charge is 2.51. The van der Waals surface area contributed by atoms with E-state index < -0.39 is 78.2 Å². The van der Waals surface area contributed by atoms with Crippen molar-refractivity contribution in [3.63, 3.8) is 0 Å². The van der Waals surface area contributed by atoms with Crippen LogP contribution in [0.2, 0.25) is 0 Å². The minimum atomic E-state index is -5.04. The number of benzene rings is 1. The molecule has 2 fully saturated rings. The van der Waals surface area contributed by atoms with E-state index in [1.54, 1.807) is 13.8 Å². The van der Waals surface area contributed by atoms with Crippen LogP contribution in [0.4, 0.5) is 44.0 Å². The lowest BCUT2D eigenvalue weighted by atomic mass is 9.93. The molecule has 1 saturated heterocycles. The van der Waals surface area contributed by atoms with Crippen molar-refractivity contribution in [3.8, 4) is 0 Å². The summed E-state index contributed by atoms with van der Waals surface area (Å²) >= 11 is 0. The molecule has 15 heteroatoms. The molecule has 3 rings (SSSR count). The summed E-state index contributed by atoms with van der Waals surface area (Å²) in [4.78, 5) is 12.5. The van der Waals surface area contributed by atoms with E-state index >= 15 is 0 Å². The van der Waals surface area contributed by atoms with Gasteiger partial charge in [0.15, 0.2) is 0 Å². The van der Waals surface area contributed by atoms with Gasteiger partial charge in [0, 0.05) is 31.2 Å². The summed E-state index contributed by atoms with van der Waals surface area (Å²) in [5, 5.41) is 10.4. The number of hydrogen-bond donors (Lipinski definition) is 2. The highest BCUT2D eigenvalue weighted by Crippen LogP contribution is 2.40. The van der Waals surface area contributed by atoms with Crippen LogP contribution in [0.1, 0.15) is 56.2 Å². The molecule has 2 unspecified atom stereocenters. The third kappa shape index (κ3) is 9.78. The number of nitrogens with one attached hydrogen (secondary N) is 1. The Labute approximate surface area is 218 Å². The largest absolute Gasteiger partial charge is 0.416 e. The van der Waals surface area contributed by atoms with Gasteiger partial charge in [-0.3, -0.25) is 4.79 Å². The second kappa shape index (κ2) is 13.0. The van der Waals surface area contributed by atoms with Crippen LogP contribution >= 0.6 is 0 Å². The normalized spacial score (nSPS) is 24.5. The van der Waals surface area contributed by atoms with Crippen molar-refractivity contribution in [3.05, 3.63) is 34.9 Å². The fourth-order valence-electron chi connectivity index (χ4n) is 4.48. The summed E-state index contributed by atoms with van der Waals surface area (Å²) < 4.78 is 137. The summed E-state index contributed by atoms with van der Waals surface area (Å²) in [5.74, 6) is -3.61. The van der Waals surface area contributed by atoms with E-state index in [1.165, 1.54) is 0 Å². The zero-order valence-corrected chi connectivity index (χ0v) is 21.1. The molecule has 1 aliphatic carbocycles. The SMILES string of the molecule is CC(C)O.O=C(NCc1cc(C(F)(F)F)cc(C(F)(F)F)c1)[C@@H]1CC[C@@H](N(F)C2CCOCC2C(F)(F)F)C1. The monoisotopic (exact) mass is 584 g/mol. The molecular formula is C24H30F10N2O3. The summed E-state index contributed by atoms with van der Waals surface area (Å²) in [6.45, 7) is 2.08. The lowest BCUT2D eigenvalue weighted by molar-refractivity contribution is -0.241. The van der Waals surface area contributed by atoms with Crippen molar-refractivity contribution in [1.82, 2.24) is 10.4 Å². The Bertz CT molecular complexity index is 915. The van der Waals surface area contributed by atoms with Crippen molar-refractivity contribution >= 4 is 5.91 Å². The topological polar surface area (TPSA) is 61.8 Å². The molecule has 1 aromatic rings. The number of aliphatic hydroxyl groups is 1. The summed E-state index contributed by atoms with van der Waals surface area (Å²) in [5.41, 5.74) is -3.49. The molecule has 2 N–H and O–H groups in total. The van der Waals surface area contributed by atoms with Gasteiger partial charge < -0.3 is 15.2 Å². The van der Waals surface area contributed by atoms with E-state index in [2.05, 4.69) is 5.32 Å². The van der Waals surface area contributed by atoms with Gasteiger partial charge in [-0.1, -0.05) is 0 Å². The number of alkyl halides is 9. The molecule has 1 saturated carbocycles. The van der Waals surface area contributed by atoms with Crippen LogP contribution in [-0.4, -0.2) is 53.7 Å². The van der Waals surface area contributed by atoms with Gasteiger partial charge in [0.25, 0.3) is 0 Å². The maximum atomic E-state index is 14.9. The number of nitrogens with zero attached hydrogens (tertiary/aromatic N) is 1. The highest BCUT2D eigenvalue weighted by molar-refractivity contribution is 5.79. The Balaban J connectivity index is 0.00000124. The van der Waals surface area contributed by atoms with E-state index in [9.17, 15) is 48.8 Å². The Hall–Kier alpha value is -2.13. The Kier molecular flexibility index (Phi) is 11.0. The zero-order chi connectivity index (χ0) is 29.8. The number of halogens is 10. The Morgan fingerprint density at radius 3 is 2.03 bits per heavy atom. The molecule has 2 aliphatic rings. The molecule has 0 aromatic heterocycles. The Morgan fingerprint density at radius 1 is 1.00 bits per heavy atom. The number of hydrogen-bond acceptors (Lipinski definition) is 4. The van der Waals surface area contributed by atoms with Gasteiger partial charge in [-0.15, -0.1) is 9.60 Å². The second-order valence-corrected chi connectivity index (χ2v) is 9.81. The molecule has 39 heavy (non-hydrogen) atoms. The van der Waals surface area contributed by atoms with Crippen LogP contribution in [0, 0.1) is 11.8 Å². The van der Waals surface area contributed by atoms with Crippen LogP contribution < -0.4 is 5.32 Å². The fraction of sp³-hybridized carbons (Fsp3) is 0.708. The molecule has 1 aliphatic heterocycles. The predicted octanol–water partition coefficient (Wildman–Crippen LogP) is 6.05. The van der Waals surface area contributed by atoms with Crippen LogP contribution in [0.25, 0.3) is 0 Å². The average Bonchev–Trinajstić information content (AvgIpc) is 3.30. The van der Waals surface area contributed by atoms with Gasteiger partial charge in [-0.2, -0.15) is 39.5 Å². The van der Waals surface area contributed by atoms with Gasteiger partial charge >= 0.3 is 18.5 Å². The first-order valence-corrected chi connectivity index (χ1v) is 12.1. The van der Waals surface area contributed by atoms with Crippen molar-refractivity contribution < 1.29 is 58.6 Å². The molecule has 0 radical (unpaired) electrons. The summed E-state index contributed by atoms with van der Waals surface area (Å²) in [6.07, 6.45) is -15.1. The van der Waals surface area contributed by atoms with E-state index in [-0.39, 0.29) is 49.6 Å². The fourth-order valence-corrected chi connectivity index (χ4v) is 4.48. The lowest BCUT2D eigenvalue weighted by Crippen LogP contribution is -2.51. The maximum absolute atomic E-state index is 14.9. The number of rotatable bonds is 5. The first-order chi connectivity index (χ1) is 17.8. The number of aliphatic hydroxyl groups excluding tert-OH is 1. The molecule has 4 atom stereocenters. The van der Waals surface area contributed by atoms with Crippen LogP contribution in [0.3, 0.4) is 0 Å². The van der Waals surface area contributed by atoms with Crippen molar-refractivity contribution in [2.24, 2.45) is 11.8 Å². The maximum Gasteiger partial charge on any atom is 0.416 e. The molecule has 5 nitrogen and oxygen atoms in total. The van der Waals surface area contributed by atoms with Gasteiger partial charge in [0.2, 0.25) is 5.91 Å². The predicted molar refractivity (Wildman–Crippen MR) is 118 cm³/mol. The van der Waals surface area contributed by atoms with Gasteiger partial charge in [-0.05, 0) is 63.3 Å². The highest BCUT2D eigenvalue weighted by atomic mass is 19.4. The minimum absolute atomic E-state index is 0.0345. The van der Waals surface area contributed by atoms with Crippen molar-refractivity contribution in [2.75, 3.05) is 13.2 Å². The van der Waals surface area contributed by atoms with Crippen molar-refractivity contribution in [1.29, 1.82) is 0 Å². The van der Waals surface area contributed by atoms with E-state index in [0.717, 1.165) is 0 Å². The standard InChI is InChI=1S/C21H22F10N2O2.C3H8O/c22-19(23,24)13-5-11(6-14(8-13)20(25,26)27)9-32-18(34)12-1-2-15(7-12)33(31)17-3-4-35-10-16(17)21(28,29)30;1-3(2)4/h5-6,8,12,15-17H,1-4,7,9-10H2,(H,32,34);3-4H,1-2H3/t12-,15-,16?,17?;/m1./s1. The first-order valence-electron chi connectivity index (χ1n) is 12.1. The third-order valence-corrected chi connectivity index (χ3v) is 6.30. The quantitative estimate of drug-likeness (QED) is 0.327. The second-order valence-electron chi connectivity index (χ2n) is 9.81. The molecule has 224 valence electrons. The number of ether oxygens (including phenoxy) is 1. The zero-order valence-electron chi connectivity index (χ0n) is 21.1. The van der Waals surface area contributed by atoms with Gasteiger partial charge in [0.05, 0.1) is 29.7 Å². The third-order valence-electron chi connectivity index (χ3n) is 6.30. The van der Waals surface area contributed by atoms with Gasteiger partial charge in [-0.25, -0.2) is 0 Å². The molecule has 0 bridgehead atoms. The first kappa shape index (κ1) is 33.1. The minimum Gasteiger partial charge on any atom is -0.394 e. The van der Waals surface area contributed by atoms with E-state index in [1.807, 2.05) is 0 Å². The molecule has 0 spiro atoms. The smallest absolute Gasteiger partial charge is 0.394 e. The van der Waals surface area contributed by atoms with Crippen LogP contribution in [-0.2, 0) is 28.4 Å². The van der Waals surface area contributed by atoms with E-state index in [4.69, 9.17) is 9.84 Å². The average molecular weight is 584 g/mol. The summed E-state index contributed by atoms with van der Waals surface area (Å²) in [7, 11) is 0. The number of carbonyl (C=O) groups excluding carboxylic acids is 1.